The summed E-state index contributed by atoms with van der Waals surface area (Å²) in [7, 11) is 3.01. The van der Waals surface area contributed by atoms with Crippen molar-refractivity contribution in [1.29, 1.82) is 0 Å². The molecule has 0 unspecified atom stereocenters. The van der Waals surface area contributed by atoms with E-state index in [2.05, 4.69) is 10.3 Å². The molecule has 1 N–H and O–H groups in total. The van der Waals surface area contributed by atoms with Crippen LogP contribution in [0.2, 0.25) is 0 Å². The number of carboxylic acids is 1. The summed E-state index contributed by atoms with van der Waals surface area (Å²) in [5.74, 6) is -0.619. The van der Waals surface area contributed by atoms with Crippen molar-refractivity contribution in [3.63, 3.8) is 0 Å². The average Bonchev–Trinajstić information content (AvgIpc) is 3.20. The van der Waals surface area contributed by atoms with Crippen LogP contribution in [0.5, 0.6) is 11.5 Å². The van der Waals surface area contributed by atoms with Crippen molar-refractivity contribution in [1.82, 2.24) is 9.55 Å². The summed E-state index contributed by atoms with van der Waals surface area (Å²) in [5.41, 5.74) is 0.643. The zero-order valence-electron chi connectivity index (χ0n) is 16.2. The molecule has 3 aromatic rings. The first-order valence-corrected chi connectivity index (χ1v) is 10.6. The zero-order valence-corrected chi connectivity index (χ0v) is 17.8. The third-order valence-corrected chi connectivity index (χ3v) is 5.95. The van der Waals surface area contributed by atoms with Crippen molar-refractivity contribution in [3.8, 4) is 11.5 Å². The first-order chi connectivity index (χ1) is 14.4. The monoisotopic (exact) mass is 448 g/mol. The number of hydrogen-bond acceptors (Lipinski definition) is 9. The van der Waals surface area contributed by atoms with Gasteiger partial charge in [-0.2, -0.15) is 0 Å². The molecule has 2 heterocycles. The molecule has 0 aliphatic heterocycles. The lowest BCUT2D eigenvalue weighted by molar-refractivity contribution is -0.306. The SMILES string of the molecule is COc1ccc(NC(=O)CSc2nc3ccsc3c(=O)n2CCC(=O)[O-])c(OC)c1. The van der Waals surface area contributed by atoms with Crippen molar-refractivity contribution in [3.05, 3.63) is 40.0 Å². The fraction of sp³-hybridized carbons (Fsp3) is 0.263. The second kappa shape index (κ2) is 9.63. The van der Waals surface area contributed by atoms with Gasteiger partial charge in [-0.1, -0.05) is 11.8 Å². The molecule has 0 fully saturated rings. The van der Waals surface area contributed by atoms with Gasteiger partial charge in [0.25, 0.3) is 5.56 Å². The standard InChI is InChI=1S/C19H19N3O6S2/c1-27-11-3-4-12(14(9-11)28-2)20-15(23)10-30-19-21-13-6-8-29-17(13)18(26)22(19)7-5-16(24)25/h3-4,6,8-9H,5,7,10H2,1-2H3,(H,20,23)(H,24,25)/p-1. The third-order valence-electron chi connectivity index (χ3n) is 4.09. The molecule has 0 aliphatic rings. The first kappa shape index (κ1) is 21.7. The van der Waals surface area contributed by atoms with Crippen molar-refractivity contribution < 1.29 is 24.2 Å². The van der Waals surface area contributed by atoms with Gasteiger partial charge in [0.15, 0.2) is 5.16 Å². The number of nitrogens with zero attached hydrogens (tertiary/aromatic N) is 2. The molecule has 3 rings (SSSR count). The first-order valence-electron chi connectivity index (χ1n) is 8.75. The minimum atomic E-state index is -1.27. The number of aliphatic carboxylic acids is 1. The van der Waals surface area contributed by atoms with Gasteiger partial charge in [0.1, 0.15) is 16.2 Å². The number of methoxy groups -OCH3 is 2. The Morgan fingerprint density at radius 2 is 2.07 bits per heavy atom. The van der Waals surface area contributed by atoms with Crippen molar-refractivity contribution >= 4 is 50.9 Å². The second-order valence-corrected chi connectivity index (χ2v) is 7.87. The number of hydrogen-bond donors (Lipinski definition) is 1. The van der Waals surface area contributed by atoms with E-state index in [1.807, 2.05) is 0 Å². The number of anilines is 1. The number of thiophene rings is 1. The number of thioether (sulfide) groups is 1. The highest BCUT2D eigenvalue weighted by atomic mass is 32.2. The Hall–Kier alpha value is -3.05. The molecule has 0 radical (unpaired) electrons. The summed E-state index contributed by atoms with van der Waals surface area (Å²) in [6.07, 6.45) is -0.332. The Labute approximate surface area is 179 Å². The Morgan fingerprint density at radius 1 is 1.27 bits per heavy atom. The fourth-order valence-corrected chi connectivity index (χ4v) is 4.26. The highest BCUT2D eigenvalue weighted by Gasteiger charge is 2.15. The summed E-state index contributed by atoms with van der Waals surface area (Å²) < 4.78 is 12.1. The van der Waals surface area contributed by atoms with Crippen molar-refractivity contribution in [2.75, 3.05) is 25.3 Å². The molecule has 0 atom stereocenters. The molecule has 2 aromatic heterocycles. The van der Waals surface area contributed by atoms with Crippen LogP contribution in [0, 0.1) is 0 Å². The average molecular weight is 449 g/mol. The van der Waals surface area contributed by atoms with Gasteiger partial charge in [-0.15, -0.1) is 11.3 Å². The molecule has 0 aliphatic carbocycles. The van der Waals surface area contributed by atoms with E-state index in [-0.39, 0.29) is 35.3 Å². The Kier molecular flexibility index (Phi) is 6.95. The topological polar surface area (TPSA) is 123 Å². The molecular formula is C19H18N3O6S2-. The summed E-state index contributed by atoms with van der Waals surface area (Å²) >= 11 is 2.28. The number of ether oxygens (including phenoxy) is 2. The predicted octanol–water partition coefficient (Wildman–Crippen LogP) is 1.35. The number of carbonyl (C=O) groups excluding carboxylic acids is 2. The largest absolute Gasteiger partial charge is 0.550 e. The van der Waals surface area contributed by atoms with Gasteiger partial charge in [-0.3, -0.25) is 14.2 Å². The number of aromatic nitrogens is 2. The molecule has 1 aromatic carbocycles. The summed E-state index contributed by atoms with van der Waals surface area (Å²) in [6.45, 7) is -0.0851. The maximum absolute atomic E-state index is 12.7. The predicted molar refractivity (Wildman–Crippen MR) is 112 cm³/mol. The van der Waals surface area contributed by atoms with Gasteiger partial charge in [-0.25, -0.2) is 4.98 Å². The fourth-order valence-electron chi connectivity index (χ4n) is 2.65. The lowest BCUT2D eigenvalue weighted by Gasteiger charge is -2.13. The van der Waals surface area contributed by atoms with Crippen LogP contribution < -0.4 is 25.5 Å². The van der Waals surface area contributed by atoms with Gasteiger partial charge >= 0.3 is 0 Å². The highest BCUT2D eigenvalue weighted by Crippen LogP contribution is 2.29. The third kappa shape index (κ3) is 4.92. The molecule has 1 amide bonds. The molecule has 30 heavy (non-hydrogen) atoms. The maximum Gasteiger partial charge on any atom is 0.272 e. The van der Waals surface area contributed by atoms with E-state index in [1.165, 1.54) is 30.1 Å². The number of rotatable bonds is 9. The van der Waals surface area contributed by atoms with Crippen LogP contribution in [0.25, 0.3) is 10.2 Å². The van der Waals surface area contributed by atoms with Gasteiger partial charge in [0.2, 0.25) is 5.91 Å². The van der Waals surface area contributed by atoms with Crippen LogP contribution in [0.1, 0.15) is 6.42 Å². The minimum Gasteiger partial charge on any atom is -0.550 e. The van der Waals surface area contributed by atoms with Gasteiger partial charge in [-0.05, 0) is 23.6 Å². The van der Waals surface area contributed by atoms with E-state index < -0.39 is 5.97 Å². The minimum absolute atomic E-state index is 0.0391. The number of benzene rings is 1. The summed E-state index contributed by atoms with van der Waals surface area (Å²) in [6, 6.07) is 6.70. The van der Waals surface area contributed by atoms with E-state index in [4.69, 9.17) is 9.47 Å². The molecule has 0 spiro atoms. The van der Waals surface area contributed by atoms with Crippen LogP contribution in [0.4, 0.5) is 5.69 Å². The molecule has 0 bridgehead atoms. The molecule has 0 saturated carbocycles. The Balaban J connectivity index is 1.77. The van der Waals surface area contributed by atoms with Crippen LogP contribution in [0.15, 0.2) is 39.6 Å². The number of nitrogens with one attached hydrogen (secondary N) is 1. The molecule has 0 saturated heterocycles. The van der Waals surface area contributed by atoms with Gasteiger partial charge in [0, 0.05) is 25.0 Å². The maximum atomic E-state index is 12.7. The van der Waals surface area contributed by atoms with Crippen LogP contribution in [-0.4, -0.2) is 41.4 Å². The van der Waals surface area contributed by atoms with Crippen molar-refractivity contribution in [2.45, 2.75) is 18.1 Å². The molecular weight excluding hydrogens is 430 g/mol. The van der Waals surface area contributed by atoms with E-state index in [0.717, 1.165) is 11.8 Å². The molecule has 158 valence electrons. The lowest BCUT2D eigenvalue weighted by atomic mass is 10.2. The van der Waals surface area contributed by atoms with Crippen molar-refractivity contribution in [2.24, 2.45) is 0 Å². The summed E-state index contributed by atoms with van der Waals surface area (Å²) in [4.78, 5) is 40.4. The number of carbonyl (C=O) groups is 2. The number of amides is 1. The van der Waals surface area contributed by atoms with E-state index in [0.29, 0.717) is 27.4 Å². The Morgan fingerprint density at radius 3 is 2.77 bits per heavy atom. The smallest absolute Gasteiger partial charge is 0.272 e. The van der Waals surface area contributed by atoms with Crippen LogP contribution in [0.3, 0.4) is 0 Å². The van der Waals surface area contributed by atoms with Crippen LogP contribution >= 0.6 is 23.1 Å². The highest BCUT2D eigenvalue weighted by molar-refractivity contribution is 7.99. The van der Waals surface area contributed by atoms with E-state index in [9.17, 15) is 19.5 Å². The molecule has 11 heteroatoms. The van der Waals surface area contributed by atoms with Gasteiger partial charge < -0.3 is 24.7 Å². The number of fused-ring (bicyclic) bond motifs is 1. The number of carboxylic acid groups (broad SMARTS) is 1. The second-order valence-electron chi connectivity index (χ2n) is 6.01. The zero-order chi connectivity index (χ0) is 21.7. The van der Waals surface area contributed by atoms with Crippen LogP contribution in [-0.2, 0) is 16.1 Å². The van der Waals surface area contributed by atoms with E-state index in [1.54, 1.807) is 29.6 Å². The lowest BCUT2D eigenvalue weighted by Crippen LogP contribution is -2.29. The molecule has 9 nitrogen and oxygen atoms in total. The van der Waals surface area contributed by atoms with E-state index >= 15 is 0 Å². The van der Waals surface area contributed by atoms with Gasteiger partial charge in [0.05, 0.1) is 31.2 Å². The Bertz CT molecular complexity index is 1140. The summed E-state index contributed by atoms with van der Waals surface area (Å²) in [5, 5.41) is 15.6. The normalized spacial score (nSPS) is 10.7. The quantitative estimate of drug-likeness (QED) is 0.384.